The van der Waals surface area contributed by atoms with Gasteiger partial charge in [0.15, 0.2) is 17.5 Å². The van der Waals surface area contributed by atoms with Crippen molar-refractivity contribution in [3.8, 4) is 11.5 Å². The second-order valence-electron chi connectivity index (χ2n) is 6.39. The number of ether oxygens (including phenoxy) is 2. The van der Waals surface area contributed by atoms with Crippen LogP contribution in [-0.4, -0.2) is 56.8 Å². The number of hydrogen-bond donors (Lipinski definition) is 2. The van der Waals surface area contributed by atoms with Gasteiger partial charge >= 0.3 is 0 Å². The summed E-state index contributed by atoms with van der Waals surface area (Å²) in [6.07, 6.45) is 2.63. The highest BCUT2D eigenvalue weighted by Crippen LogP contribution is 2.30. The van der Waals surface area contributed by atoms with Crippen molar-refractivity contribution < 1.29 is 9.47 Å². The summed E-state index contributed by atoms with van der Waals surface area (Å²) in [6.45, 7) is 8.44. The summed E-state index contributed by atoms with van der Waals surface area (Å²) < 4.78 is 11.0. The molecule has 1 unspecified atom stereocenters. The third-order valence-corrected chi connectivity index (χ3v) is 4.40. The highest BCUT2D eigenvalue weighted by molar-refractivity contribution is 5.93. The Labute approximate surface area is 151 Å². The summed E-state index contributed by atoms with van der Waals surface area (Å²) >= 11 is 0. The molecule has 2 N–H and O–H groups in total. The average molecular weight is 348 g/mol. The first-order valence-electron chi connectivity index (χ1n) is 9.17. The van der Waals surface area contributed by atoms with E-state index < -0.39 is 0 Å². The normalized spacial score (nSPS) is 15.8. The minimum atomic E-state index is 0.429. The lowest BCUT2D eigenvalue weighted by atomic mass is 10.2. The minimum Gasteiger partial charge on any atom is -0.493 e. The number of likely N-dealkylation sites (N-methyl/N-ethyl adjacent to an activating group) is 1. The molecular formula is C19H32N4O2. The van der Waals surface area contributed by atoms with Crippen LogP contribution in [0.4, 0.5) is 5.69 Å². The van der Waals surface area contributed by atoms with E-state index in [-0.39, 0.29) is 0 Å². The molecule has 1 aromatic rings. The number of nitrogens with zero attached hydrogens (tertiary/aromatic N) is 2. The Morgan fingerprint density at radius 1 is 1.32 bits per heavy atom. The fraction of sp³-hybridized carbons (Fsp3) is 0.632. The van der Waals surface area contributed by atoms with Gasteiger partial charge in [-0.3, -0.25) is 9.89 Å². The molecule has 1 saturated carbocycles. The van der Waals surface area contributed by atoms with Crippen LogP contribution < -0.4 is 20.1 Å². The van der Waals surface area contributed by atoms with Gasteiger partial charge in [0.25, 0.3) is 0 Å². The molecule has 1 aliphatic rings. The van der Waals surface area contributed by atoms with Crippen LogP contribution in [0.15, 0.2) is 23.2 Å². The predicted octanol–water partition coefficient (Wildman–Crippen LogP) is 2.95. The van der Waals surface area contributed by atoms with Crippen molar-refractivity contribution in [2.75, 3.05) is 39.2 Å². The molecule has 6 heteroatoms. The largest absolute Gasteiger partial charge is 0.493 e. The molecule has 140 valence electrons. The van der Waals surface area contributed by atoms with Crippen molar-refractivity contribution in [2.45, 2.75) is 45.7 Å². The zero-order valence-electron chi connectivity index (χ0n) is 16.1. The van der Waals surface area contributed by atoms with Gasteiger partial charge in [0.05, 0.1) is 20.3 Å². The van der Waals surface area contributed by atoms with E-state index in [0.29, 0.717) is 18.4 Å². The number of nitrogens with one attached hydrogen (secondary N) is 2. The Morgan fingerprint density at radius 3 is 2.68 bits per heavy atom. The summed E-state index contributed by atoms with van der Waals surface area (Å²) in [6, 6.07) is 6.99. The number of rotatable bonds is 9. The highest BCUT2D eigenvalue weighted by atomic mass is 16.5. The van der Waals surface area contributed by atoms with Gasteiger partial charge in [0, 0.05) is 30.4 Å². The average Bonchev–Trinajstić information content (AvgIpc) is 3.45. The maximum atomic E-state index is 5.56. The summed E-state index contributed by atoms with van der Waals surface area (Å²) in [5, 5.41) is 6.64. The zero-order chi connectivity index (χ0) is 18.2. The van der Waals surface area contributed by atoms with Gasteiger partial charge in [-0.15, -0.1) is 0 Å². The topological polar surface area (TPSA) is 58.1 Å². The van der Waals surface area contributed by atoms with Crippen LogP contribution in [0.1, 0.15) is 33.6 Å². The van der Waals surface area contributed by atoms with Gasteiger partial charge in [0.2, 0.25) is 0 Å². The summed E-state index contributed by atoms with van der Waals surface area (Å²) in [5.74, 6) is 2.24. The number of anilines is 1. The second-order valence-corrected chi connectivity index (χ2v) is 6.39. The maximum absolute atomic E-state index is 5.56. The van der Waals surface area contributed by atoms with Crippen molar-refractivity contribution in [2.24, 2.45) is 4.99 Å². The monoisotopic (exact) mass is 348 g/mol. The predicted molar refractivity (Wildman–Crippen MR) is 104 cm³/mol. The van der Waals surface area contributed by atoms with E-state index in [2.05, 4.69) is 36.4 Å². The maximum Gasteiger partial charge on any atom is 0.195 e. The fourth-order valence-electron chi connectivity index (χ4n) is 2.66. The Bertz CT molecular complexity index is 573. The summed E-state index contributed by atoms with van der Waals surface area (Å²) in [5.41, 5.74) is 0.920. The lowest BCUT2D eigenvalue weighted by Gasteiger charge is -2.23. The standard InChI is InChI=1S/C19H32N4O2/c1-6-20-19(21-13-14(3)23(4)16-9-10-16)22-15-8-11-17(25-7-2)18(12-15)24-5/h8,11-12,14,16H,6-7,9-10,13H2,1-5H3,(H2,20,21,22). The molecule has 2 rings (SSSR count). The SMILES string of the molecule is CCNC(=NCC(C)N(C)C1CC1)Nc1ccc(OCC)c(OC)c1. The van der Waals surface area contributed by atoms with Crippen molar-refractivity contribution in [3.05, 3.63) is 18.2 Å². The molecular weight excluding hydrogens is 316 g/mol. The van der Waals surface area contributed by atoms with Crippen molar-refractivity contribution >= 4 is 11.6 Å². The smallest absolute Gasteiger partial charge is 0.195 e. The number of methoxy groups -OCH3 is 1. The molecule has 1 aromatic carbocycles. The third-order valence-electron chi connectivity index (χ3n) is 4.40. The molecule has 0 radical (unpaired) electrons. The molecule has 0 heterocycles. The summed E-state index contributed by atoms with van der Waals surface area (Å²) in [7, 11) is 3.84. The van der Waals surface area contributed by atoms with Gasteiger partial charge in [-0.05, 0) is 52.8 Å². The molecule has 0 aromatic heterocycles. The minimum absolute atomic E-state index is 0.429. The van der Waals surface area contributed by atoms with Crippen LogP contribution in [0.3, 0.4) is 0 Å². The summed E-state index contributed by atoms with van der Waals surface area (Å²) in [4.78, 5) is 7.16. The molecule has 1 fully saturated rings. The van der Waals surface area contributed by atoms with Gasteiger partial charge in [-0.2, -0.15) is 0 Å². The van der Waals surface area contributed by atoms with Crippen molar-refractivity contribution in [1.82, 2.24) is 10.2 Å². The van der Waals surface area contributed by atoms with E-state index in [1.165, 1.54) is 12.8 Å². The first kappa shape index (κ1) is 19.4. The Hall–Kier alpha value is -1.95. The first-order valence-corrected chi connectivity index (χ1v) is 9.17. The number of benzene rings is 1. The highest BCUT2D eigenvalue weighted by Gasteiger charge is 2.28. The first-order chi connectivity index (χ1) is 12.1. The van der Waals surface area contributed by atoms with Crippen LogP contribution in [0, 0.1) is 0 Å². The molecule has 6 nitrogen and oxygen atoms in total. The van der Waals surface area contributed by atoms with E-state index in [0.717, 1.165) is 36.5 Å². The van der Waals surface area contributed by atoms with E-state index in [1.807, 2.05) is 25.1 Å². The zero-order valence-corrected chi connectivity index (χ0v) is 16.1. The molecule has 0 saturated heterocycles. The lowest BCUT2D eigenvalue weighted by molar-refractivity contribution is 0.253. The van der Waals surface area contributed by atoms with E-state index in [1.54, 1.807) is 7.11 Å². The molecule has 0 aliphatic heterocycles. The molecule has 1 atom stereocenters. The van der Waals surface area contributed by atoms with Gasteiger partial charge < -0.3 is 20.1 Å². The van der Waals surface area contributed by atoms with Crippen LogP contribution in [0.5, 0.6) is 11.5 Å². The van der Waals surface area contributed by atoms with Crippen LogP contribution in [0.2, 0.25) is 0 Å². The molecule has 1 aliphatic carbocycles. The van der Waals surface area contributed by atoms with Crippen LogP contribution in [-0.2, 0) is 0 Å². The Kier molecular flexibility index (Phi) is 7.37. The van der Waals surface area contributed by atoms with Gasteiger partial charge in [-0.1, -0.05) is 0 Å². The van der Waals surface area contributed by atoms with E-state index >= 15 is 0 Å². The second kappa shape index (κ2) is 9.51. The molecule has 0 amide bonds. The lowest BCUT2D eigenvalue weighted by Crippen LogP contribution is -2.36. The van der Waals surface area contributed by atoms with E-state index in [9.17, 15) is 0 Å². The third kappa shape index (κ3) is 5.81. The van der Waals surface area contributed by atoms with E-state index in [4.69, 9.17) is 14.5 Å². The number of aliphatic imine (C=N–C) groups is 1. The molecule has 25 heavy (non-hydrogen) atoms. The van der Waals surface area contributed by atoms with Crippen molar-refractivity contribution in [3.63, 3.8) is 0 Å². The van der Waals surface area contributed by atoms with Crippen LogP contribution in [0.25, 0.3) is 0 Å². The number of hydrogen-bond acceptors (Lipinski definition) is 4. The molecule has 0 spiro atoms. The number of guanidine groups is 1. The quantitative estimate of drug-likeness (QED) is 0.531. The van der Waals surface area contributed by atoms with Crippen LogP contribution >= 0.6 is 0 Å². The Balaban J connectivity index is 2.03. The van der Waals surface area contributed by atoms with Crippen molar-refractivity contribution in [1.29, 1.82) is 0 Å². The van der Waals surface area contributed by atoms with Gasteiger partial charge in [0.1, 0.15) is 0 Å². The molecule has 0 bridgehead atoms. The van der Waals surface area contributed by atoms with Gasteiger partial charge in [-0.25, -0.2) is 0 Å². The Morgan fingerprint density at radius 2 is 2.08 bits per heavy atom. The fourth-order valence-corrected chi connectivity index (χ4v) is 2.66.